The van der Waals surface area contributed by atoms with Crippen LogP contribution in [0.15, 0.2) is 65.3 Å². The molecule has 4 heteroatoms. The second kappa shape index (κ2) is 7.63. The van der Waals surface area contributed by atoms with Crippen molar-refractivity contribution in [3.05, 3.63) is 76.4 Å². The van der Waals surface area contributed by atoms with Gasteiger partial charge in [-0.05, 0) is 77.4 Å². The fourth-order valence-electron chi connectivity index (χ4n) is 5.47. The Morgan fingerprint density at radius 1 is 0.812 bits per heavy atom. The van der Waals surface area contributed by atoms with Gasteiger partial charge >= 0.3 is 11.9 Å². The highest BCUT2D eigenvalue weighted by Crippen LogP contribution is 2.48. The SMILES string of the molecule is COC(=O)C1(C(=O)OC)CC2=C(Cc3c(ccc4cc5ccccc5cc34)/C=C(/C)C2)C1. The Kier molecular flexibility index (Phi) is 4.89. The number of hydrogen-bond donors (Lipinski definition) is 0. The summed E-state index contributed by atoms with van der Waals surface area (Å²) in [5.74, 6) is -1.02. The average molecular weight is 427 g/mol. The predicted octanol–water partition coefficient (Wildman–Crippen LogP) is 5.77. The van der Waals surface area contributed by atoms with E-state index in [1.807, 2.05) is 0 Å². The Hall–Kier alpha value is -3.40. The van der Waals surface area contributed by atoms with E-state index in [0.717, 1.165) is 17.6 Å². The van der Waals surface area contributed by atoms with Crippen LogP contribution in [0.5, 0.6) is 0 Å². The molecule has 0 N–H and O–H groups in total. The first-order valence-electron chi connectivity index (χ1n) is 10.9. The molecule has 5 rings (SSSR count). The summed E-state index contributed by atoms with van der Waals surface area (Å²) in [7, 11) is 2.67. The Labute approximate surface area is 187 Å². The van der Waals surface area contributed by atoms with Crippen LogP contribution in [-0.2, 0) is 25.5 Å². The number of allylic oxidation sites excluding steroid dienone is 3. The summed E-state index contributed by atoms with van der Waals surface area (Å²) in [4.78, 5) is 25.5. The number of hydrogen-bond acceptors (Lipinski definition) is 4. The van der Waals surface area contributed by atoms with Crippen molar-refractivity contribution in [2.24, 2.45) is 5.41 Å². The molecule has 2 aliphatic rings. The number of ether oxygens (including phenoxy) is 2. The summed E-state index contributed by atoms with van der Waals surface area (Å²) in [6.07, 6.45) is 4.40. The van der Waals surface area contributed by atoms with E-state index < -0.39 is 17.4 Å². The quantitative estimate of drug-likeness (QED) is 0.226. The summed E-state index contributed by atoms with van der Waals surface area (Å²) in [6, 6.07) is 17.3. The third-order valence-corrected chi connectivity index (χ3v) is 7.00. The summed E-state index contributed by atoms with van der Waals surface area (Å²) in [5.41, 5.74) is 4.67. The highest BCUT2D eigenvalue weighted by Gasteiger charge is 2.53. The minimum absolute atomic E-state index is 0.346. The smallest absolute Gasteiger partial charge is 0.323 e. The number of methoxy groups -OCH3 is 2. The fourth-order valence-corrected chi connectivity index (χ4v) is 5.47. The molecule has 0 bridgehead atoms. The molecule has 0 unspecified atom stereocenters. The Morgan fingerprint density at radius 2 is 1.44 bits per heavy atom. The lowest BCUT2D eigenvalue weighted by Crippen LogP contribution is -2.39. The van der Waals surface area contributed by atoms with Crippen molar-refractivity contribution in [3.8, 4) is 0 Å². The summed E-state index contributed by atoms with van der Waals surface area (Å²) in [6.45, 7) is 2.11. The first-order valence-corrected chi connectivity index (χ1v) is 10.9. The molecule has 0 atom stereocenters. The van der Waals surface area contributed by atoms with Gasteiger partial charge in [0, 0.05) is 0 Å². The molecule has 4 nitrogen and oxygen atoms in total. The summed E-state index contributed by atoms with van der Waals surface area (Å²) < 4.78 is 10.1. The second-order valence-corrected chi connectivity index (χ2v) is 9.02. The third-order valence-electron chi connectivity index (χ3n) is 7.00. The normalized spacial score (nSPS) is 18.9. The summed E-state index contributed by atoms with van der Waals surface area (Å²) in [5, 5.41) is 4.83. The largest absolute Gasteiger partial charge is 0.468 e. The molecular weight excluding hydrogens is 400 g/mol. The number of esters is 2. The highest BCUT2D eigenvalue weighted by molar-refractivity contribution is 6.03. The third kappa shape index (κ3) is 3.13. The molecule has 0 radical (unpaired) electrons. The maximum atomic E-state index is 12.8. The number of benzene rings is 3. The van der Waals surface area contributed by atoms with E-state index in [2.05, 4.69) is 61.5 Å². The molecular formula is C28H26O4. The molecule has 162 valence electrons. The molecule has 0 fully saturated rings. The van der Waals surface area contributed by atoms with Crippen LogP contribution in [0.25, 0.3) is 27.6 Å². The van der Waals surface area contributed by atoms with E-state index in [9.17, 15) is 9.59 Å². The van der Waals surface area contributed by atoms with Crippen LogP contribution in [0.1, 0.15) is 37.3 Å². The van der Waals surface area contributed by atoms with E-state index in [4.69, 9.17) is 9.47 Å². The lowest BCUT2D eigenvalue weighted by atomic mass is 9.82. The lowest BCUT2D eigenvalue weighted by molar-refractivity contribution is -0.168. The maximum Gasteiger partial charge on any atom is 0.323 e. The summed E-state index contributed by atoms with van der Waals surface area (Å²) >= 11 is 0. The molecule has 0 aliphatic heterocycles. The van der Waals surface area contributed by atoms with Gasteiger partial charge in [-0.2, -0.15) is 0 Å². The van der Waals surface area contributed by atoms with Gasteiger partial charge in [-0.25, -0.2) is 0 Å². The Balaban J connectivity index is 1.67. The molecule has 0 aromatic heterocycles. The topological polar surface area (TPSA) is 52.6 Å². The van der Waals surface area contributed by atoms with Crippen molar-refractivity contribution in [2.75, 3.05) is 14.2 Å². The van der Waals surface area contributed by atoms with Gasteiger partial charge in [0.25, 0.3) is 0 Å². The van der Waals surface area contributed by atoms with Crippen LogP contribution in [0.3, 0.4) is 0 Å². The van der Waals surface area contributed by atoms with Gasteiger partial charge in [0.1, 0.15) is 0 Å². The maximum absolute atomic E-state index is 12.8. The van der Waals surface area contributed by atoms with Gasteiger partial charge in [0.15, 0.2) is 5.41 Å². The zero-order valence-electron chi connectivity index (χ0n) is 18.7. The van der Waals surface area contributed by atoms with E-state index >= 15 is 0 Å². The molecule has 0 saturated carbocycles. The second-order valence-electron chi connectivity index (χ2n) is 9.02. The van der Waals surface area contributed by atoms with Crippen LogP contribution in [0.2, 0.25) is 0 Å². The average Bonchev–Trinajstić information content (AvgIpc) is 3.15. The van der Waals surface area contributed by atoms with Crippen LogP contribution in [-0.4, -0.2) is 26.2 Å². The van der Waals surface area contributed by atoms with E-state index in [1.165, 1.54) is 52.5 Å². The molecule has 3 aromatic carbocycles. The van der Waals surface area contributed by atoms with Crippen LogP contribution >= 0.6 is 0 Å². The molecule has 0 spiro atoms. The Bertz CT molecular complexity index is 1330. The van der Waals surface area contributed by atoms with Crippen molar-refractivity contribution in [2.45, 2.75) is 32.6 Å². The first-order chi connectivity index (χ1) is 15.4. The monoisotopic (exact) mass is 426 g/mol. The van der Waals surface area contributed by atoms with Crippen molar-refractivity contribution in [1.29, 1.82) is 0 Å². The highest BCUT2D eigenvalue weighted by atomic mass is 16.5. The lowest BCUT2D eigenvalue weighted by Gasteiger charge is -2.23. The molecule has 0 heterocycles. The van der Waals surface area contributed by atoms with Gasteiger partial charge in [0.05, 0.1) is 14.2 Å². The minimum Gasteiger partial charge on any atom is -0.468 e. The van der Waals surface area contributed by atoms with Crippen molar-refractivity contribution >= 4 is 39.6 Å². The van der Waals surface area contributed by atoms with Crippen LogP contribution in [0, 0.1) is 5.41 Å². The number of carbonyl (C=O) groups is 2. The number of carbonyl (C=O) groups excluding carboxylic acids is 2. The van der Waals surface area contributed by atoms with Gasteiger partial charge in [-0.3, -0.25) is 9.59 Å². The van der Waals surface area contributed by atoms with Gasteiger partial charge < -0.3 is 9.47 Å². The first kappa shape index (κ1) is 20.5. The molecule has 3 aromatic rings. The fraction of sp³-hybridized carbons (Fsp3) is 0.286. The number of rotatable bonds is 2. The van der Waals surface area contributed by atoms with Crippen molar-refractivity contribution in [3.63, 3.8) is 0 Å². The van der Waals surface area contributed by atoms with Crippen molar-refractivity contribution < 1.29 is 19.1 Å². The number of fused-ring (bicyclic) bond motifs is 4. The van der Waals surface area contributed by atoms with Crippen molar-refractivity contribution in [1.82, 2.24) is 0 Å². The van der Waals surface area contributed by atoms with Gasteiger partial charge in [0.2, 0.25) is 0 Å². The van der Waals surface area contributed by atoms with Gasteiger partial charge in [-0.15, -0.1) is 0 Å². The molecule has 0 amide bonds. The predicted molar refractivity (Wildman–Crippen MR) is 126 cm³/mol. The molecule has 32 heavy (non-hydrogen) atoms. The standard InChI is InChI=1S/C28H26O4/c1-17-10-20-8-9-21-12-18-6-4-5-7-19(18)13-24(21)25(20)14-23-16-28(26(29)31-2,27(30)32-3)15-22(23)11-17/h4-10,12-13H,11,14-16H2,1-3H3/b17-10-. The van der Waals surface area contributed by atoms with Crippen LogP contribution < -0.4 is 0 Å². The van der Waals surface area contributed by atoms with Gasteiger partial charge in [-0.1, -0.05) is 59.2 Å². The Morgan fingerprint density at radius 3 is 2.09 bits per heavy atom. The van der Waals surface area contributed by atoms with Crippen LogP contribution in [0.4, 0.5) is 0 Å². The van der Waals surface area contributed by atoms with E-state index in [0.29, 0.717) is 19.3 Å². The van der Waals surface area contributed by atoms with E-state index in [-0.39, 0.29) is 0 Å². The van der Waals surface area contributed by atoms with E-state index in [1.54, 1.807) is 0 Å². The zero-order valence-corrected chi connectivity index (χ0v) is 18.7. The minimum atomic E-state index is -1.28. The molecule has 0 saturated heterocycles. The zero-order chi connectivity index (χ0) is 22.5. The molecule has 2 aliphatic carbocycles.